The number of hydrogen-bond donors (Lipinski definition) is 1. The van der Waals surface area contributed by atoms with Gasteiger partial charge in [0.15, 0.2) is 0 Å². The number of aromatic nitrogens is 1. The summed E-state index contributed by atoms with van der Waals surface area (Å²) in [6.45, 7) is 0. The van der Waals surface area contributed by atoms with Crippen molar-refractivity contribution >= 4 is 44.3 Å². The smallest absolute Gasteiger partial charge is 0.288 e. The van der Waals surface area contributed by atoms with Crippen LogP contribution in [-0.2, 0) is 6.42 Å². The zero-order valence-corrected chi connectivity index (χ0v) is 15.1. The Balaban J connectivity index is 2.05. The Kier molecular flexibility index (Phi) is 5.16. The molecule has 0 aliphatic rings. The van der Waals surface area contributed by atoms with E-state index in [0.717, 1.165) is 11.3 Å². The predicted molar refractivity (Wildman–Crippen MR) is 103 cm³/mol. The van der Waals surface area contributed by atoms with Crippen LogP contribution in [0.15, 0.2) is 53.0 Å². The molecule has 1 heterocycles. The number of halogens is 1. The van der Waals surface area contributed by atoms with E-state index in [1.54, 1.807) is 24.3 Å². The second kappa shape index (κ2) is 7.53. The number of aliphatic hydroxyl groups is 1. The highest BCUT2D eigenvalue weighted by atomic mass is 35.5. The lowest BCUT2D eigenvalue weighted by molar-refractivity contribution is -0.384. The fourth-order valence-corrected chi connectivity index (χ4v) is 3.65. The molecule has 1 aromatic heterocycles. The number of nitro benzene ring substituents is 1. The molecule has 3 aromatic rings. The van der Waals surface area contributed by atoms with Gasteiger partial charge in [0.25, 0.3) is 11.2 Å². The van der Waals surface area contributed by atoms with Gasteiger partial charge in [-0.25, -0.2) is 0 Å². The van der Waals surface area contributed by atoms with Gasteiger partial charge in [-0.3, -0.25) is 14.9 Å². The van der Waals surface area contributed by atoms with Gasteiger partial charge in [0.05, 0.1) is 10.3 Å². The number of nitro groups is 1. The molecule has 2 aromatic carbocycles. The van der Waals surface area contributed by atoms with Crippen molar-refractivity contribution < 1.29 is 10.0 Å². The minimum atomic E-state index is -0.630. The third kappa shape index (κ3) is 3.79. The van der Waals surface area contributed by atoms with E-state index >= 15 is 0 Å². The number of nitriles is 1. The minimum Gasteiger partial charge on any atom is -0.510 e. The molecule has 0 amide bonds. The van der Waals surface area contributed by atoms with Crippen molar-refractivity contribution in [3.63, 3.8) is 0 Å². The van der Waals surface area contributed by atoms with Crippen LogP contribution in [0.4, 0.5) is 5.69 Å². The summed E-state index contributed by atoms with van der Waals surface area (Å²) in [5.41, 5.74) is -0.555. The molecule has 0 atom stereocenters. The molecule has 1 N–H and O–H groups in total. The SMILES string of the molecule is N#C/C(=C(/O)Cc1ccc(Cl)c([N+](=O)[O-])c1)c1nc(=O)c2ccccc2s1. The molecule has 3 rings (SSSR count). The predicted octanol–water partition coefficient (Wildman–Crippen LogP) is 4.25. The minimum absolute atomic E-state index is 0.0258. The maximum absolute atomic E-state index is 12.2. The molecule has 0 saturated carbocycles. The molecular formula is C18H10ClN3O4S. The molecule has 0 unspecified atom stereocenters. The van der Waals surface area contributed by atoms with E-state index in [1.807, 2.05) is 6.07 Å². The van der Waals surface area contributed by atoms with Crippen LogP contribution in [0.2, 0.25) is 5.02 Å². The molecule has 0 spiro atoms. The van der Waals surface area contributed by atoms with Crippen LogP contribution >= 0.6 is 22.9 Å². The number of rotatable bonds is 4. The van der Waals surface area contributed by atoms with E-state index < -0.39 is 10.5 Å². The third-order valence-corrected chi connectivity index (χ3v) is 5.10. The van der Waals surface area contributed by atoms with Gasteiger partial charge in [0.1, 0.15) is 27.4 Å². The molecule has 0 aliphatic carbocycles. The van der Waals surface area contributed by atoms with Crippen LogP contribution in [0, 0.1) is 21.4 Å². The lowest BCUT2D eigenvalue weighted by Gasteiger charge is -2.05. The summed E-state index contributed by atoms with van der Waals surface area (Å²) in [5.74, 6) is -0.340. The first-order valence-corrected chi connectivity index (χ1v) is 8.75. The van der Waals surface area contributed by atoms with E-state index in [2.05, 4.69) is 4.98 Å². The number of benzene rings is 2. The van der Waals surface area contributed by atoms with Crippen LogP contribution in [0.25, 0.3) is 15.7 Å². The number of aliphatic hydroxyl groups excluding tert-OH is 1. The second-order valence-corrected chi connectivity index (χ2v) is 6.91. The molecular weight excluding hydrogens is 390 g/mol. The zero-order chi connectivity index (χ0) is 19.6. The van der Waals surface area contributed by atoms with Crippen LogP contribution in [0.1, 0.15) is 10.6 Å². The fourth-order valence-electron chi connectivity index (χ4n) is 2.44. The summed E-state index contributed by atoms with van der Waals surface area (Å²) in [6, 6.07) is 12.8. The van der Waals surface area contributed by atoms with Crippen molar-refractivity contribution in [1.82, 2.24) is 4.98 Å². The van der Waals surface area contributed by atoms with Gasteiger partial charge in [-0.2, -0.15) is 10.2 Å². The van der Waals surface area contributed by atoms with Crippen molar-refractivity contribution in [1.29, 1.82) is 5.26 Å². The Bertz CT molecular complexity index is 1200. The standard InChI is InChI=1S/C18H10ClN3O4S/c19-13-6-5-10(7-14(13)22(25)26)8-15(23)12(9-20)18-21-17(24)11-3-1-2-4-16(11)27-18/h1-7,23H,8H2/b15-12-. The zero-order valence-electron chi connectivity index (χ0n) is 13.5. The third-order valence-electron chi connectivity index (χ3n) is 3.72. The van der Waals surface area contributed by atoms with Crippen molar-refractivity contribution in [3.05, 3.63) is 84.3 Å². The highest BCUT2D eigenvalue weighted by Crippen LogP contribution is 2.28. The van der Waals surface area contributed by atoms with Crippen molar-refractivity contribution in [3.8, 4) is 6.07 Å². The van der Waals surface area contributed by atoms with Gasteiger partial charge in [-0.05, 0) is 23.8 Å². The van der Waals surface area contributed by atoms with Crippen molar-refractivity contribution in [2.24, 2.45) is 0 Å². The first-order valence-electron chi connectivity index (χ1n) is 7.56. The quantitative estimate of drug-likeness (QED) is 0.303. The summed E-state index contributed by atoms with van der Waals surface area (Å²) in [6.07, 6.45) is -0.143. The van der Waals surface area contributed by atoms with Crippen LogP contribution in [0.5, 0.6) is 0 Å². The number of nitrogens with zero attached hydrogens (tertiary/aromatic N) is 3. The van der Waals surface area contributed by atoms with Gasteiger partial charge < -0.3 is 5.11 Å². The number of allylic oxidation sites excluding steroid dienone is 2. The van der Waals surface area contributed by atoms with Gasteiger partial charge in [-0.15, -0.1) is 11.3 Å². The Morgan fingerprint density at radius 3 is 2.78 bits per heavy atom. The molecule has 0 saturated heterocycles. The van der Waals surface area contributed by atoms with Crippen molar-refractivity contribution in [2.75, 3.05) is 0 Å². The summed E-state index contributed by atoms with van der Waals surface area (Å²) in [7, 11) is 0. The Labute approximate surface area is 161 Å². The second-order valence-electron chi connectivity index (χ2n) is 5.47. The van der Waals surface area contributed by atoms with E-state index in [1.165, 1.54) is 18.2 Å². The Hall–Kier alpha value is -3.28. The Morgan fingerprint density at radius 2 is 2.07 bits per heavy atom. The molecule has 0 aliphatic heterocycles. The van der Waals surface area contributed by atoms with Crippen LogP contribution in [-0.4, -0.2) is 15.0 Å². The van der Waals surface area contributed by atoms with Gasteiger partial charge >= 0.3 is 0 Å². The Morgan fingerprint density at radius 1 is 1.33 bits per heavy atom. The number of fused-ring (bicyclic) bond motifs is 1. The molecule has 9 heteroatoms. The van der Waals surface area contributed by atoms with Gasteiger partial charge in [0.2, 0.25) is 0 Å². The van der Waals surface area contributed by atoms with Crippen molar-refractivity contribution in [2.45, 2.75) is 6.42 Å². The van der Waals surface area contributed by atoms with Gasteiger partial charge in [0, 0.05) is 17.2 Å². The molecule has 0 radical (unpaired) electrons. The first kappa shape index (κ1) is 18.5. The maximum Gasteiger partial charge on any atom is 0.288 e. The molecule has 27 heavy (non-hydrogen) atoms. The summed E-state index contributed by atoms with van der Waals surface area (Å²) < 4.78 is 0.634. The summed E-state index contributed by atoms with van der Waals surface area (Å²) in [5, 5.41) is 31.3. The maximum atomic E-state index is 12.2. The lowest BCUT2D eigenvalue weighted by Crippen LogP contribution is -2.08. The summed E-state index contributed by atoms with van der Waals surface area (Å²) >= 11 is 6.88. The average Bonchev–Trinajstić information content (AvgIpc) is 2.64. The largest absolute Gasteiger partial charge is 0.510 e. The van der Waals surface area contributed by atoms with Crippen LogP contribution < -0.4 is 5.56 Å². The van der Waals surface area contributed by atoms with E-state index in [4.69, 9.17) is 11.6 Å². The van der Waals surface area contributed by atoms with E-state index in [9.17, 15) is 25.3 Å². The highest BCUT2D eigenvalue weighted by molar-refractivity contribution is 7.19. The summed E-state index contributed by atoms with van der Waals surface area (Å²) in [4.78, 5) is 26.4. The van der Waals surface area contributed by atoms with Gasteiger partial charge in [-0.1, -0.05) is 29.8 Å². The normalized spacial score (nSPS) is 11.7. The molecule has 134 valence electrons. The van der Waals surface area contributed by atoms with E-state index in [0.29, 0.717) is 15.6 Å². The monoisotopic (exact) mass is 399 g/mol. The lowest BCUT2D eigenvalue weighted by atomic mass is 10.1. The first-order chi connectivity index (χ1) is 12.9. The topological polar surface area (TPSA) is 117 Å². The highest BCUT2D eigenvalue weighted by Gasteiger charge is 2.17. The average molecular weight is 400 g/mol. The van der Waals surface area contributed by atoms with E-state index in [-0.39, 0.29) is 33.5 Å². The molecule has 0 bridgehead atoms. The fraction of sp³-hybridized carbons (Fsp3) is 0.0556. The molecule has 7 nitrogen and oxygen atoms in total. The molecule has 0 fully saturated rings. The van der Waals surface area contributed by atoms with Crippen LogP contribution in [0.3, 0.4) is 0 Å². The number of hydrogen-bond acceptors (Lipinski definition) is 7.